The van der Waals surface area contributed by atoms with Gasteiger partial charge in [-0.25, -0.2) is 0 Å². The molecule has 2 aromatic rings. The summed E-state index contributed by atoms with van der Waals surface area (Å²) in [6.45, 7) is 3.88. The van der Waals surface area contributed by atoms with Crippen LogP contribution in [0.3, 0.4) is 0 Å². The molecule has 19 heavy (non-hydrogen) atoms. The Balaban J connectivity index is 2.11. The molecule has 0 aliphatic carbocycles. The van der Waals surface area contributed by atoms with Gasteiger partial charge >= 0.3 is 0 Å². The van der Waals surface area contributed by atoms with Gasteiger partial charge in [0.2, 0.25) is 5.89 Å². The van der Waals surface area contributed by atoms with Gasteiger partial charge < -0.3 is 15.0 Å². The molecule has 0 aliphatic heterocycles. The number of methoxy groups -OCH3 is 1. The van der Waals surface area contributed by atoms with E-state index in [0.717, 1.165) is 17.7 Å². The zero-order valence-corrected chi connectivity index (χ0v) is 11.5. The van der Waals surface area contributed by atoms with Gasteiger partial charge in [0, 0.05) is 6.42 Å². The Labute approximate surface area is 112 Å². The molecule has 1 aromatic carbocycles. The topological polar surface area (TPSA) is 74.2 Å². The maximum atomic E-state index is 6.07. The average molecular weight is 261 g/mol. The van der Waals surface area contributed by atoms with Crippen molar-refractivity contribution in [3.8, 4) is 5.75 Å². The Morgan fingerprint density at radius 2 is 2.00 bits per heavy atom. The monoisotopic (exact) mass is 261 g/mol. The SMILES string of the molecule is CCC(C)(N)c1nc(Cc2ccc(OC)cc2)no1. The third-order valence-corrected chi connectivity index (χ3v) is 3.21. The lowest BCUT2D eigenvalue weighted by Gasteiger charge is -2.16. The van der Waals surface area contributed by atoms with Crippen LogP contribution in [-0.4, -0.2) is 17.3 Å². The molecule has 102 valence electrons. The van der Waals surface area contributed by atoms with E-state index < -0.39 is 5.54 Å². The van der Waals surface area contributed by atoms with Crippen molar-refractivity contribution in [3.63, 3.8) is 0 Å². The van der Waals surface area contributed by atoms with Crippen molar-refractivity contribution in [2.45, 2.75) is 32.2 Å². The second-order valence-electron chi connectivity index (χ2n) is 4.81. The molecule has 0 fully saturated rings. The molecule has 2 rings (SSSR count). The number of aromatic nitrogens is 2. The maximum Gasteiger partial charge on any atom is 0.246 e. The summed E-state index contributed by atoms with van der Waals surface area (Å²) >= 11 is 0. The number of nitrogens with two attached hydrogens (primary N) is 1. The minimum Gasteiger partial charge on any atom is -0.497 e. The zero-order valence-electron chi connectivity index (χ0n) is 11.5. The van der Waals surface area contributed by atoms with Gasteiger partial charge in [-0.1, -0.05) is 24.2 Å². The molecule has 5 heteroatoms. The van der Waals surface area contributed by atoms with Crippen LogP contribution in [0.5, 0.6) is 5.75 Å². The van der Waals surface area contributed by atoms with E-state index in [9.17, 15) is 0 Å². The molecule has 0 bridgehead atoms. The molecular formula is C14H19N3O2. The Hall–Kier alpha value is -1.88. The van der Waals surface area contributed by atoms with Gasteiger partial charge in [0.05, 0.1) is 12.6 Å². The minimum absolute atomic E-state index is 0.485. The first-order valence-electron chi connectivity index (χ1n) is 6.30. The Kier molecular flexibility index (Phi) is 3.85. The predicted octanol–water partition coefficient (Wildman–Crippen LogP) is 2.25. The van der Waals surface area contributed by atoms with E-state index in [1.807, 2.05) is 38.1 Å². The Morgan fingerprint density at radius 1 is 1.32 bits per heavy atom. The quantitative estimate of drug-likeness (QED) is 0.893. The van der Waals surface area contributed by atoms with Crippen molar-refractivity contribution in [3.05, 3.63) is 41.5 Å². The normalized spacial score (nSPS) is 14.1. The molecule has 0 radical (unpaired) electrons. The molecule has 5 nitrogen and oxygen atoms in total. The highest BCUT2D eigenvalue weighted by atomic mass is 16.5. The van der Waals surface area contributed by atoms with Gasteiger partial charge in [0.15, 0.2) is 5.82 Å². The van der Waals surface area contributed by atoms with Crippen LogP contribution in [0.1, 0.15) is 37.5 Å². The lowest BCUT2D eigenvalue weighted by Crippen LogP contribution is -2.32. The number of benzene rings is 1. The molecule has 0 spiro atoms. The van der Waals surface area contributed by atoms with Crippen molar-refractivity contribution >= 4 is 0 Å². The first-order chi connectivity index (χ1) is 9.05. The third-order valence-electron chi connectivity index (χ3n) is 3.21. The van der Waals surface area contributed by atoms with Crippen molar-refractivity contribution < 1.29 is 9.26 Å². The minimum atomic E-state index is -0.564. The predicted molar refractivity (Wildman–Crippen MR) is 71.9 cm³/mol. The van der Waals surface area contributed by atoms with Crippen LogP contribution >= 0.6 is 0 Å². The van der Waals surface area contributed by atoms with Gasteiger partial charge in [-0.3, -0.25) is 0 Å². The van der Waals surface area contributed by atoms with Gasteiger partial charge in [-0.15, -0.1) is 0 Å². The summed E-state index contributed by atoms with van der Waals surface area (Å²) < 4.78 is 10.3. The van der Waals surface area contributed by atoms with Crippen LogP contribution in [0.4, 0.5) is 0 Å². The molecule has 1 heterocycles. The first kappa shape index (κ1) is 13.5. The molecule has 0 amide bonds. The summed E-state index contributed by atoms with van der Waals surface area (Å²) in [6.07, 6.45) is 1.37. The summed E-state index contributed by atoms with van der Waals surface area (Å²) in [4.78, 5) is 4.36. The number of hydrogen-bond donors (Lipinski definition) is 1. The lowest BCUT2D eigenvalue weighted by molar-refractivity contribution is 0.290. The fourth-order valence-corrected chi connectivity index (χ4v) is 1.63. The van der Waals surface area contributed by atoms with Crippen LogP contribution < -0.4 is 10.5 Å². The molecule has 0 saturated heterocycles. The van der Waals surface area contributed by atoms with Gasteiger partial charge in [-0.2, -0.15) is 4.98 Å². The van der Waals surface area contributed by atoms with Crippen LogP contribution in [-0.2, 0) is 12.0 Å². The van der Waals surface area contributed by atoms with E-state index in [-0.39, 0.29) is 0 Å². The van der Waals surface area contributed by atoms with E-state index in [1.165, 1.54) is 0 Å². The van der Waals surface area contributed by atoms with Gasteiger partial charge in [0.1, 0.15) is 5.75 Å². The highest BCUT2D eigenvalue weighted by Gasteiger charge is 2.26. The highest BCUT2D eigenvalue weighted by molar-refractivity contribution is 5.28. The lowest BCUT2D eigenvalue weighted by atomic mass is 10.0. The van der Waals surface area contributed by atoms with Crippen LogP contribution in [0, 0.1) is 0 Å². The fraction of sp³-hybridized carbons (Fsp3) is 0.429. The highest BCUT2D eigenvalue weighted by Crippen LogP contribution is 2.20. The van der Waals surface area contributed by atoms with Crippen molar-refractivity contribution in [1.29, 1.82) is 0 Å². The van der Waals surface area contributed by atoms with Crippen LogP contribution in [0.15, 0.2) is 28.8 Å². The maximum absolute atomic E-state index is 6.07. The van der Waals surface area contributed by atoms with Gasteiger partial charge in [-0.05, 0) is 31.0 Å². The first-order valence-corrected chi connectivity index (χ1v) is 6.30. The number of nitrogens with zero attached hydrogens (tertiary/aromatic N) is 2. The third kappa shape index (κ3) is 3.12. The summed E-state index contributed by atoms with van der Waals surface area (Å²) in [5, 5.41) is 3.97. The van der Waals surface area contributed by atoms with E-state index >= 15 is 0 Å². The molecule has 2 N–H and O–H groups in total. The summed E-state index contributed by atoms with van der Waals surface area (Å²) in [5.41, 5.74) is 6.61. The molecule has 1 atom stereocenters. The van der Waals surface area contributed by atoms with Crippen LogP contribution in [0.2, 0.25) is 0 Å². The molecule has 0 aliphatic rings. The molecular weight excluding hydrogens is 242 g/mol. The average Bonchev–Trinajstić information content (AvgIpc) is 2.89. The Morgan fingerprint density at radius 3 is 2.58 bits per heavy atom. The van der Waals surface area contributed by atoms with E-state index in [4.69, 9.17) is 15.0 Å². The standard InChI is InChI=1S/C14H19N3O2/c1-4-14(2,15)13-16-12(17-19-13)9-10-5-7-11(18-3)8-6-10/h5-8H,4,9,15H2,1-3H3. The van der Waals surface area contributed by atoms with Gasteiger partial charge in [0.25, 0.3) is 0 Å². The number of ether oxygens (including phenoxy) is 1. The molecule has 0 saturated carbocycles. The fourth-order valence-electron chi connectivity index (χ4n) is 1.63. The van der Waals surface area contributed by atoms with Crippen molar-refractivity contribution in [2.24, 2.45) is 5.73 Å². The van der Waals surface area contributed by atoms with Crippen molar-refractivity contribution in [1.82, 2.24) is 10.1 Å². The van der Waals surface area contributed by atoms with E-state index in [2.05, 4.69) is 10.1 Å². The smallest absolute Gasteiger partial charge is 0.246 e. The Bertz CT molecular complexity index is 532. The van der Waals surface area contributed by atoms with Crippen molar-refractivity contribution in [2.75, 3.05) is 7.11 Å². The summed E-state index contributed by atoms with van der Waals surface area (Å²) in [5.74, 6) is 1.96. The molecule has 1 aromatic heterocycles. The largest absolute Gasteiger partial charge is 0.497 e. The van der Waals surface area contributed by atoms with Crippen LogP contribution in [0.25, 0.3) is 0 Å². The summed E-state index contributed by atoms with van der Waals surface area (Å²) in [6, 6.07) is 7.79. The zero-order chi connectivity index (χ0) is 13.9. The summed E-state index contributed by atoms with van der Waals surface area (Å²) in [7, 11) is 1.65. The second kappa shape index (κ2) is 5.40. The van der Waals surface area contributed by atoms with E-state index in [1.54, 1.807) is 7.11 Å². The second-order valence-corrected chi connectivity index (χ2v) is 4.81. The number of hydrogen-bond acceptors (Lipinski definition) is 5. The van der Waals surface area contributed by atoms with E-state index in [0.29, 0.717) is 18.1 Å². The molecule has 1 unspecified atom stereocenters. The number of rotatable bonds is 5.